The molecule has 7 nitrogen and oxygen atoms in total. The molecule has 1 aliphatic heterocycles. The molecule has 0 bridgehead atoms. The standard InChI is InChI=1S/C13H17N5O2S.ClH/c1-17-10-12(8-16-17)21(19,20)18-6-5-15-9-13(18)11-3-2-4-14-7-11;/h2-4,7-8,10,13,15H,5-6,9H2,1H3;1H. The second-order valence-corrected chi connectivity index (χ2v) is 6.86. The Bertz CT molecular complexity index is 719. The van der Waals surface area contributed by atoms with Crippen LogP contribution < -0.4 is 5.32 Å². The van der Waals surface area contributed by atoms with Crippen LogP contribution in [0.2, 0.25) is 0 Å². The number of hydrogen-bond donors (Lipinski definition) is 1. The largest absolute Gasteiger partial charge is 0.313 e. The van der Waals surface area contributed by atoms with Crippen molar-refractivity contribution in [3.63, 3.8) is 0 Å². The summed E-state index contributed by atoms with van der Waals surface area (Å²) in [7, 11) is -1.85. The van der Waals surface area contributed by atoms with E-state index in [0.717, 1.165) is 5.56 Å². The van der Waals surface area contributed by atoms with Gasteiger partial charge in [-0.2, -0.15) is 9.40 Å². The lowest BCUT2D eigenvalue weighted by molar-refractivity contribution is 0.271. The van der Waals surface area contributed by atoms with Gasteiger partial charge < -0.3 is 5.32 Å². The van der Waals surface area contributed by atoms with Crippen LogP contribution in [0.5, 0.6) is 0 Å². The minimum absolute atomic E-state index is 0. The highest BCUT2D eigenvalue weighted by atomic mass is 35.5. The quantitative estimate of drug-likeness (QED) is 0.881. The molecule has 3 rings (SSSR count). The summed E-state index contributed by atoms with van der Waals surface area (Å²) in [5.74, 6) is 0. The maximum atomic E-state index is 12.8. The van der Waals surface area contributed by atoms with Crippen LogP contribution in [0.4, 0.5) is 0 Å². The molecule has 0 aliphatic carbocycles. The normalized spacial score (nSPS) is 19.6. The van der Waals surface area contributed by atoms with Crippen molar-refractivity contribution in [2.75, 3.05) is 19.6 Å². The third kappa shape index (κ3) is 3.14. The molecule has 1 saturated heterocycles. The van der Waals surface area contributed by atoms with Crippen LogP contribution in [-0.2, 0) is 17.1 Å². The van der Waals surface area contributed by atoms with Gasteiger partial charge in [0.15, 0.2) is 0 Å². The zero-order valence-corrected chi connectivity index (χ0v) is 13.7. The van der Waals surface area contributed by atoms with E-state index < -0.39 is 10.0 Å². The van der Waals surface area contributed by atoms with Crippen LogP contribution in [0.3, 0.4) is 0 Å². The number of sulfonamides is 1. The van der Waals surface area contributed by atoms with Gasteiger partial charge in [0.1, 0.15) is 4.90 Å². The van der Waals surface area contributed by atoms with Gasteiger partial charge in [0.2, 0.25) is 10.0 Å². The molecule has 1 fully saturated rings. The average Bonchev–Trinajstić information content (AvgIpc) is 2.95. The lowest BCUT2D eigenvalue weighted by Crippen LogP contribution is -2.48. The summed E-state index contributed by atoms with van der Waals surface area (Å²) in [6.45, 7) is 1.64. The summed E-state index contributed by atoms with van der Waals surface area (Å²) < 4.78 is 28.6. The number of piperazine rings is 1. The Morgan fingerprint density at radius 3 is 2.82 bits per heavy atom. The monoisotopic (exact) mass is 343 g/mol. The fourth-order valence-corrected chi connectivity index (χ4v) is 4.10. The fourth-order valence-electron chi connectivity index (χ4n) is 2.50. The molecule has 22 heavy (non-hydrogen) atoms. The van der Waals surface area contributed by atoms with Crippen molar-refractivity contribution in [3.8, 4) is 0 Å². The van der Waals surface area contributed by atoms with Gasteiger partial charge in [-0.15, -0.1) is 12.4 Å². The fraction of sp³-hybridized carbons (Fsp3) is 0.385. The highest BCUT2D eigenvalue weighted by Crippen LogP contribution is 2.28. The lowest BCUT2D eigenvalue weighted by Gasteiger charge is -2.34. The van der Waals surface area contributed by atoms with Crippen molar-refractivity contribution >= 4 is 22.4 Å². The van der Waals surface area contributed by atoms with Crippen molar-refractivity contribution in [1.29, 1.82) is 0 Å². The number of hydrogen-bond acceptors (Lipinski definition) is 5. The van der Waals surface area contributed by atoms with Crippen molar-refractivity contribution < 1.29 is 8.42 Å². The molecule has 1 unspecified atom stereocenters. The van der Waals surface area contributed by atoms with Gasteiger partial charge in [-0.1, -0.05) is 6.07 Å². The van der Waals surface area contributed by atoms with Crippen LogP contribution >= 0.6 is 12.4 Å². The lowest BCUT2D eigenvalue weighted by atomic mass is 10.1. The van der Waals surface area contributed by atoms with Gasteiger partial charge in [0, 0.05) is 45.3 Å². The predicted molar refractivity (Wildman–Crippen MR) is 84.2 cm³/mol. The molecule has 9 heteroatoms. The molecule has 1 atom stereocenters. The zero-order chi connectivity index (χ0) is 14.9. The molecule has 0 radical (unpaired) electrons. The molecule has 2 aromatic heterocycles. The highest BCUT2D eigenvalue weighted by Gasteiger charge is 2.35. The molecule has 0 amide bonds. The summed E-state index contributed by atoms with van der Waals surface area (Å²) in [6, 6.07) is 3.47. The number of halogens is 1. The first-order chi connectivity index (χ1) is 10.1. The first-order valence-corrected chi connectivity index (χ1v) is 8.14. The van der Waals surface area contributed by atoms with Crippen LogP contribution in [0.1, 0.15) is 11.6 Å². The molecule has 120 valence electrons. The Morgan fingerprint density at radius 2 is 2.18 bits per heavy atom. The third-order valence-corrected chi connectivity index (χ3v) is 5.41. The Morgan fingerprint density at radius 1 is 1.36 bits per heavy atom. The van der Waals surface area contributed by atoms with Gasteiger partial charge in [-0.3, -0.25) is 9.67 Å². The summed E-state index contributed by atoms with van der Waals surface area (Å²) in [5.41, 5.74) is 0.886. The Hall–Kier alpha value is -1.48. The molecule has 0 saturated carbocycles. The first kappa shape index (κ1) is 16.9. The SMILES string of the molecule is Cl.Cn1cc(S(=O)(=O)N2CCNCC2c2cccnc2)cn1. The molecule has 2 aromatic rings. The number of aromatic nitrogens is 3. The summed E-state index contributed by atoms with van der Waals surface area (Å²) >= 11 is 0. The van der Waals surface area contributed by atoms with Crippen LogP contribution in [0, 0.1) is 0 Å². The van der Waals surface area contributed by atoms with Crippen LogP contribution in [0.25, 0.3) is 0 Å². The number of pyridine rings is 1. The van der Waals surface area contributed by atoms with E-state index in [1.165, 1.54) is 21.4 Å². The van der Waals surface area contributed by atoms with Gasteiger partial charge in [0.25, 0.3) is 0 Å². The first-order valence-electron chi connectivity index (χ1n) is 6.70. The molecule has 1 aliphatic rings. The third-order valence-electron chi connectivity index (χ3n) is 3.55. The molecular weight excluding hydrogens is 326 g/mol. The van der Waals surface area contributed by atoms with E-state index in [-0.39, 0.29) is 23.3 Å². The van der Waals surface area contributed by atoms with Crippen molar-refractivity contribution in [3.05, 3.63) is 42.5 Å². The second-order valence-electron chi connectivity index (χ2n) is 4.97. The van der Waals surface area contributed by atoms with E-state index in [4.69, 9.17) is 0 Å². The second kappa shape index (κ2) is 6.74. The van der Waals surface area contributed by atoms with Gasteiger partial charge >= 0.3 is 0 Å². The van der Waals surface area contributed by atoms with Gasteiger partial charge in [-0.25, -0.2) is 8.42 Å². The molecule has 0 aromatic carbocycles. The number of aryl methyl sites for hydroxylation is 1. The van der Waals surface area contributed by atoms with E-state index in [1.54, 1.807) is 19.4 Å². The van der Waals surface area contributed by atoms with Crippen LogP contribution in [-0.4, -0.2) is 47.1 Å². The van der Waals surface area contributed by atoms with E-state index in [9.17, 15) is 8.42 Å². The Labute approximate surface area is 135 Å². The summed E-state index contributed by atoms with van der Waals surface area (Å²) in [6.07, 6.45) is 6.30. The molecular formula is C13H18ClN5O2S. The number of nitrogens with one attached hydrogen (secondary N) is 1. The predicted octanol–water partition coefficient (Wildman–Crippen LogP) is 0.572. The molecule has 1 N–H and O–H groups in total. The zero-order valence-electron chi connectivity index (χ0n) is 12.1. The topological polar surface area (TPSA) is 80.1 Å². The van der Waals surface area contributed by atoms with Gasteiger partial charge in [0.05, 0.1) is 12.2 Å². The number of rotatable bonds is 3. The maximum absolute atomic E-state index is 12.8. The van der Waals surface area contributed by atoms with Crippen molar-refractivity contribution in [1.82, 2.24) is 24.4 Å². The van der Waals surface area contributed by atoms with E-state index in [2.05, 4.69) is 15.4 Å². The van der Waals surface area contributed by atoms with Gasteiger partial charge in [-0.05, 0) is 11.6 Å². The maximum Gasteiger partial charge on any atom is 0.246 e. The van der Waals surface area contributed by atoms with E-state index in [0.29, 0.717) is 19.6 Å². The minimum Gasteiger partial charge on any atom is -0.313 e. The van der Waals surface area contributed by atoms with Crippen LogP contribution in [0.15, 0.2) is 41.8 Å². The minimum atomic E-state index is -3.56. The van der Waals surface area contributed by atoms with E-state index in [1.807, 2.05) is 12.1 Å². The van der Waals surface area contributed by atoms with E-state index >= 15 is 0 Å². The number of nitrogens with zero attached hydrogens (tertiary/aromatic N) is 4. The summed E-state index contributed by atoms with van der Waals surface area (Å²) in [5, 5.41) is 7.20. The Balaban J connectivity index is 0.00000176. The Kier molecular flexibility index (Phi) is 5.17. The highest BCUT2D eigenvalue weighted by molar-refractivity contribution is 7.89. The summed E-state index contributed by atoms with van der Waals surface area (Å²) in [4.78, 5) is 4.31. The molecule has 3 heterocycles. The average molecular weight is 344 g/mol. The molecule has 0 spiro atoms. The van der Waals surface area contributed by atoms with Crippen molar-refractivity contribution in [2.24, 2.45) is 7.05 Å². The van der Waals surface area contributed by atoms with Crippen molar-refractivity contribution in [2.45, 2.75) is 10.9 Å². The smallest absolute Gasteiger partial charge is 0.246 e.